The number of aromatic nitrogens is 6. The average Bonchev–Trinajstić information content (AvgIpc) is 3.29. The molecule has 29 heavy (non-hydrogen) atoms. The van der Waals surface area contributed by atoms with Gasteiger partial charge in [-0.25, -0.2) is 0 Å². The third-order valence-corrected chi connectivity index (χ3v) is 4.73. The molecule has 0 bridgehead atoms. The number of hydrogen-bond acceptors (Lipinski definition) is 6. The van der Waals surface area contributed by atoms with Crippen molar-refractivity contribution in [3.05, 3.63) is 78.2 Å². The minimum Gasteiger partial charge on any atom is -0.354 e. The Morgan fingerprint density at radius 2 is 1.79 bits per heavy atom. The van der Waals surface area contributed by atoms with Crippen molar-refractivity contribution in [2.24, 2.45) is 0 Å². The first-order chi connectivity index (χ1) is 14.3. The van der Waals surface area contributed by atoms with Gasteiger partial charge in [-0.2, -0.15) is 5.21 Å². The van der Waals surface area contributed by atoms with E-state index in [1.54, 1.807) is 18.6 Å². The van der Waals surface area contributed by atoms with Gasteiger partial charge in [0.15, 0.2) is 0 Å². The number of halogens is 1. The summed E-state index contributed by atoms with van der Waals surface area (Å²) in [6.45, 7) is 0. The van der Waals surface area contributed by atoms with Gasteiger partial charge in [0.1, 0.15) is 0 Å². The Labute approximate surface area is 170 Å². The van der Waals surface area contributed by atoms with Crippen LogP contribution in [0.5, 0.6) is 0 Å². The van der Waals surface area contributed by atoms with Crippen LogP contribution in [-0.4, -0.2) is 30.6 Å². The maximum atomic E-state index is 6.06. The van der Waals surface area contributed by atoms with E-state index in [0.717, 1.165) is 39.0 Å². The summed E-state index contributed by atoms with van der Waals surface area (Å²) in [7, 11) is 0. The number of aromatic amines is 1. The van der Waals surface area contributed by atoms with Crippen molar-refractivity contribution in [3.8, 4) is 22.5 Å². The fourth-order valence-corrected chi connectivity index (χ4v) is 3.37. The highest BCUT2D eigenvalue weighted by molar-refractivity contribution is 6.30. The van der Waals surface area contributed by atoms with E-state index in [1.807, 2.05) is 36.4 Å². The highest BCUT2D eigenvalue weighted by Crippen LogP contribution is 2.31. The van der Waals surface area contributed by atoms with Crippen molar-refractivity contribution < 1.29 is 0 Å². The molecule has 3 aromatic heterocycles. The second kappa shape index (κ2) is 7.29. The molecule has 0 atom stereocenters. The normalized spacial score (nSPS) is 10.9. The zero-order chi connectivity index (χ0) is 19.6. The standard InChI is InChI=1S/C21H14ClN7/c22-16-10-17(12-23-11-16)25-20-6-7-24-19-5-4-14(9-18(19)20)13-2-1-3-15(8-13)21-26-28-29-27-21/h1-12H,(H,24,25)(H,26,27,28,29). The molecule has 0 saturated carbocycles. The summed E-state index contributed by atoms with van der Waals surface area (Å²) in [5.74, 6) is 0.560. The predicted octanol–water partition coefficient (Wildman–Crippen LogP) is 4.87. The molecule has 0 fully saturated rings. The third-order valence-electron chi connectivity index (χ3n) is 4.52. The van der Waals surface area contributed by atoms with Gasteiger partial charge >= 0.3 is 0 Å². The van der Waals surface area contributed by atoms with Gasteiger partial charge < -0.3 is 5.32 Å². The van der Waals surface area contributed by atoms with Crippen LogP contribution in [0.1, 0.15) is 0 Å². The van der Waals surface area contributed by atoms with Crippen LogP contribution in [0.3, 0.4) is 0 Å². The molecular weight excluding hydrogens is 386 g/mol. The summed E-state index contributed by atoms with van der Waals surface area (Å²) >= 11 is 6.06. The van der Waals surface area contributed by atoms with E-state index in [1.165, 1.54) is 0 Å². The number of rotatable bonds is 4. The lowest BCUT2D eigenvalue weighted by Gasteiger charge is -2.11. The molecule has 2 N–H and O–H groups in total. The van der Waals surface area contributed by atoms with Crippen molar-refractivity contribution in [3.63, 3.8) is 0 Å². The van der Waals surface area contributed by atoms with Crippen molar-refractivity contribution in [2.45, 2.75) is 0 Å². The maximum Gasteiger partial charge on any atom is 0.204 e. The number of hydrogen-bond donors (Lipinski definition) is 2. The van der Waals surface area contributed by atoms with Gasteiger partial charge in [-0.3, -0.25) is 9.97 Å². The quantitative estimate of drug-likeness (QED) is 0.447. The molecule has 0 radical (unpaired) electrons. The number of nitrogens with one attached hydrogen (secondary N) is 2. The summed E-state index contributed by atoms with van der Waals surface area (Å²) < 4.78 is 0. The number of benzene rings is 2. The van der Waals surface area contributed by atoms with Crippen molar-refractivity contribution in [1.82, 2.24) is 30.6 Å². The Balaban J connectivity index is 1.57. The van der Waals surface area contributed by atoms with Crippen molar-refractivity contribution >= 4 is 33.9 Å². The van der Waals surface area contributed by atoms with E-state index in [0.29, 0.717) is 10.8 Å². The highest BCUT2D eigenvalue weighted by Gasteiger charge is 2.08. The first kappa shape index (κ1) is 17.3. The second-order valence-corrected chi connectivity index (χ2v) is 6.86. The molecule has 0 unspecified atom stereocenters. The molecule has 0 saturated heterocycles. The van der Waals surface area contributed by atoms with Crippen molar-refractivity contribution in [1.29, 1.82) is 0 Å². The van der Waals surface area contributed by atoms with E-state index in [4.69, 9.17) is 11.6 Å². The molecule has 140 valence electrons. The van der Waals surface area contributed by atoms with Crippen LogP contribution in [-0.2, 0) is 0 Å². The van der Waals surface area contributed by atoms with Crippen molar-refractivity contribution in [2.75, 3.05) is 5.32 Å². The minimum atomic E-state index is 0.560. The monoisotopic (exact) mass is 399 g/mol. The van der Waals surface area contributed by atoms with E-state index < -0.39 is 0 Å². The van der Waals surface area contributed by atoms with Crippen LogP contribution >= 0.6 is 11.6 Å². The Kier molecular flexibility index (Phi) is 4.34. The number of H-pyrrole nitrogens is 1. The maximum absolute atomic E-state index is 6.06. The van der Waals surface area contributed by atoms with Crippen LogP contribution in [0, 0.1) is 0 Å². The third kappa shape index (κ3) is 3.51. The van der Waals surface area contributed by atoms with Gasteiger partial charge in [0.05, 0.1) is 22.4 Å². The smallest absolute Gasteiger partial charge is 0.204 e. The first-order valence-electron chi connectivity index (χ1n) is 8.87. The second-order valence-electron chi connectivity index (χ2n) is 6.42. The predicted molar refractivity (Wildman–Crippen MR) is 113 cm³/mol. The van der Waals surface area contributed by atoms with Crippen LogP contribution < -0.4 is 5.32 Å². The fourth-order valence-electron chi connectivity index (χ4n) is 3.19. The Hall–Kier alpha value is -3.84. The zero-order valence-corrected chi connectivity index (χ0v) is 15.8. The van der Waals surface area contributed by atoms with Gasteiger partial charge in [0.25, 0.3) is 0 Å². The average molecular weight is 400 g/mol. The molecule has 7 nitrogen and oxygen atoms in total. The molecular formula is C21H14ClN7. The zero-order valence-electron chi connectivity index (χ0n) is 15.0. The fraction of sp³-hybridized carbons (Fsp3) is 0. The van der Waals surface area contributed by atoms with E-state index in [2.05, 4.69) is 54.1 Å². The molecule has 3 heterocycles. The largest absolute Gasteiger partial charge is 0.354 e. The number of tetrazole rings is 1. The lowest BCUT2D eigenvalue weighted by atomic mass is 10.0. The molecule has 0 amide bonds. The Bertz CT molecular complexity index is 1300. The lowest BCUT2D eigenvalue weighted by Crippen LogP contribution is -1.94. The summed E-state index contributed by atoms with van der Waals surface area (Å²) in [6, 6.07) is 18.0. The number of nitrogens with zero attached hydrogens (tertiary/aromatic N) is 5. The van der Waals surface area contributed by atoms with Gasteiger partial charge in [-0.15, -0.1) is 10.2 Å². The van der Waals surface area contributed by atoms with E-state index in [9.17, 15) is 0 Å². The van der Waals surface area contributed by atoms with Crippen LogP contribution in [0.25, 0.3) is 33.4 Å². The molecule has 2 aromatic carbocycles. The molecule has 0 spiro atoms. The van der Waals surface area contributed by atoms with Crippen LogP contribution in [0.15, 0.2) is 73.2 Å². The van der Waals surface area contributed by atoms with Crippen LogP contribution in [0.4, 0.5) is 11.4 Å². The number of anilines is 2. The first-order valence-corrected chi connectivity index (χ1v) is 9.25. The van der Waals surface area contributed by atoms with Gasteiger partial charge in [0.2, 0.25) is 5.82 Å². The van der Waals surface area contributed by atoms with Gasteiger partial charge in [-0.05, 0) is 46.7 Å². The van der Waals surface area contributed by atoms with E-state index in [-0.39, 0.29) is 0 Å². The Morgan fingerprint density at radius 3 is 2.66 bits per heavy atom. The minimum absolute atomic E-state index is 0.560. The lowest BCUT2D eigenvalue weighted by molar-refractivity contribution is 0.881. The van der Waals surface area contributed by atoms with Gasteiger partial charge in [-0.1, -0.05) is 35.9 Å². The molecule has 5 aromatic rings. The summed E-state index contributed by atoms with van der Waals surface area (Å²) in [5.41, 5.74) is 5.63. The summed E-state index contributed by atoms with van der Waals surface area (Å²) in [6.07, 6.45) is 5.11. The molecule has 0 aliphatic rings. The summed E-state index contributed by atoms with van der Waals surface area (Å²) in [4.78, 5) is 8.61. The molecule has 0 aliphatic heterocycles. The van der Waals surface area contributed by atoms with Gasteiger partial charge in [0, 0.05) is 29.0 Å². The number of fused-ring (bicyclic) bond motifs is 1. The SMILES string of the molecule is Clc1cncc(Nc2ccnc3ccc(-c4cccc(-c5nn[nH]n5)c4)cc23)c1. The molecule has 0 aliphatic carbocycles. The molecule has 5 rings (SSSR count). The topological polar surface area (TPSA) is 92.3 Å². The number of pyridine rings is 2. The van der Waals surface area contributed by atoms with E-state index >= 15 is 0 Å². The molecule has 8 heteroatoms. The highest BCUT2D eigenvalue weighted by atomic mass is 35.5. The summed E-state index contributed by atoms with van der Waals surface area (Å²) in [5, 5.41) is 19.2. The van der Waals surface area contributed by atoms with Crippen LogP contribution in [0.2, 0.25) is 5.02 Å². The Morgan fingerprint density at radius 1 is 0.897 bits per heavy atom.